The second kappa shape index (κ2) is 9.97. The van der Waals surface area contributed by atoms with Crippen molar-refractivity contribution >= 4 is 22.9 Å². The molecule has 4 aromatic rings. The molecule has 0 bridgehead atoms. The second-order valence-corrected chi connectivity index (χ2v) is 12.1. The van der Waals surface area contributed by atoms with Crippen LogP contribution in [-0.4, -0.2) is 43.1 Å². The van der Waals surface area contributed by atoms with E-state index in [1.165, 1.54) is 12.3 Å². The maximum atomic E-state index is 13.6. The van der Waals surface area contributed by atoms with Gasteiger partial charge in [-0.15, -0.1) is 0 Å². The summed E-state index contributed by atoms with van der Waals surface area (Å²) in [4.78, 5) is 35.3. The highest BCUT2D eigenvalue weighted by Gasteiger charge is 2.46. The molecule has 0 radical (unpaired) electrons. The Morgan fingerprint density at radius 1 is 1.14 bits per heavy atom. The number of aromatic nitrogens is 4. The van der Waals surface area contributed by atoms with Gasteiger partial charge in [0.15, 0.2) is 11.5 Å². The third kappa shape index (κ3) is 5.35. The van der Waals surface area contributed by atoms with Gasteiger partial charge in [-0.3, -0.25) is 19.3 Å². The van der Waals surface area contributed by atoms with Crippen molar-refractivity contribution in [1.29, 1.82) is 5.26 Å². The molecule has 1 aromatic carbocycles. The number of benzene rings is 1. The summed E-state index contributed by atoms with van der Waals surface area (Å²) < 4.78 is 34.1. The largest absolute Gasteiger partial charge is 0.441 e. The SMILES string of the molecule is CC1(c2cc(C(=O)N[C@@H](Cc3nc4ccc(-c5ccnc(C(F)F)c5)cc4o3)C(=O)NC3(C#N)CC3)n(C3CC3)n2)CC1. The number of carbonyl (C=O) groups is 2. The highest BCUT2D eigenvalue weighted by Crippen LogP contribution is 2.48. The number of pyridine rings is 1. The average molecular weight is 586 g/mol. The molecule has 2 N–H and O–H groups in total. The van der Waals surface area contributed by atoms with Gasteiger partial charge >= 0.3 is 0 Å². The minimum absolute atomic E-state index is 0.0224. The summed E-state index contributed by atoms with van der Waals surface area (Å²) in [5.41, 5.74) is 2.12. The molecular weight excluding hydrogens is 556 g/mol. The first-order valence-corrected chi connectivity index (χ1v) is 14.4. The zero-order chi connectivity index (χ0) is 29.9. The van der Waals surface area contributed by atoms with Gasteiger partial charge in [-0.25, -0.2) is 13.8 Å². The molecule has 220 valence electrons. The summed E-state index contributed by atoms with van der Waals surface area (Å²) in [6.45, 7) is 2.13. The summed E-state index contributed by atoms with van der Waals surface area (Å²) in [6.07, 6.45) is 3.59. The highest BCUT2D eigenvalue weighted by molar-refractivity contribution is 5.97. The van der Waals surface area contributed by atoms with Gasteiger partial charge in [-0.2, -0.15) is 10.4 Å². The maximum Gasteiger partial charge on any atom is 0.280 e. The minimum Gasteiger partial charge on any atom is -0.441 e. The van der Waals surface area contributed by atoms with E-state index in [2.05, 4.69) is 33.6 Å². The van der Waals surface area contributed by atoms with Gasteiger partial charge in [0.2, 0.25) is 5.91 Å². The number of oxazole rings is 1. The molecule has 3 heterocycles. The normalized spacial score (nSPS) is 18.7. The van der Waals surface area contributed by atoms with Crippen LogP contribution in [0.15, 0.2) is 47.0 Å². The van der Waals surface area contributed by atoms with Crippen molar-refractivity contribution < 1.29 is 22.8 Å². The van der Waals surface area contributed by atoms with Crippen LogP contribution in [0, 0.1) is 11.3 Å². The number of amides is 2. The van der Waals surface area contributed by atoms with Crippen LogP contribution in [0.3, 0.4) is 0 Å². The molecule has 1 atom stereocenters. The van der Waals surface area contributed by atoms with Crippen LogP contribution in [0.2, 0.25) is 0 Å². The van der Waals surface area contributed by atoms with Gasteiger partial charge in [0.25, 0.3) is 12.3 Å². The lowest BCUT2D eigenvalue weighted by Gasteiger charge is -2.19. The van der Waals surface area contributed by atoms with Crippen LogP contribution in [-0.2, 0) is 16.6 Å². The van der Waals surface area contributed by atoms with Crippen LogP contribution >= 0.6 is 0 Å². The number of nitrogens with one attached hydrogen (secondary N) is 2. The predicted octanol–water partition coefficient (Wildman–Crippen LogP) is 4.92. The van der Waals surface area contributed by atoms with Gasteiger partial charge in [0.05, 0.1) is 24.2 Å². The third-order valence-electron chi connectivity index (χ3n) is 8.58. The second-order valence-electron chi connectivity index (χ2n) is 12.1. The lowest BCUT2D eigenvalue weighted by atomic mass is 10.1. The highest BCUT2D eigenvalue weighted by atomic mass is 19.3. The van der Waals surface area contributed by atoms with Crippen molar-refractivity contribution in [2.24, 2.45) is 0 Å². The molecule has 3 aromatic heterocycles. The monoisotopic (exact) mass is 585 g/mol. The Morgan fingerprint density at radius 2 is 1.91 bits per heavy atom. The van der Waals surface area contributed by atoms with Gasteiger partial charge in [0.1, 0.15) is 28.5 Å². The van der Waals surface area contributed by atoms with Crippen LogP contribution in [0.1, 0.15) is 85.7 Å². The topological polar surface area (TPSA) is 139 Å². The molecule has 3 fully saturated rings. The summed E-state index contributed by atoms with van der Waals surface area (Å²) in [6, 6.07) is 11.2. The fraction of sp³-hybridized carbons (Fsp3) is 0.419. The van der Waals surface area contributed by atoms with Crippen molar-refractivity contribution in [2.45, 2.75) is 81.3 Å². The zero-order valence-electron chi connectivity index (χ0n) is 23.4. The number of rotatable bonds is 10. The first-order chi connectivity index (χ1) is 20.6. The Balaban J connectivity index is 1.16. The Labute approximate surface area is 245 Å². The molecule has 12 heteroatoms. The number of nitrogens with zero attached hydrogens (tertiary/aromatic N) is 5. The van der Waals surface area contributed by atoms with Crippen LogP contribution < -0.4 is 10.6 Å². The Hall–Kier alpha value is -4.66. The number of hydrogen-bond donors (Lipinski definition) is 2. The van der Waals surface area contributed by atoms with Crippen LogP contribution in [0.25, 0.3) is 22.2 Å². The Bertz CT molecular complexity index is 1790. The Kier molecular flexibility index (Phi) is 6.30. The van der Waals surface area contributed by atoms with Gasteiger partial charge in [-0.05, 0) is 80.0 Å². The minimum atomic E-state index is -2.69. The quantitative estimate of drug-likeness (QED) is 0.269. The number of fused-ring (bicyclic) bond motifs is 1. The van der Waals surface area contributed by atoms with Crippen molar-refractivity contribution in [3.63, 3.8) is 0 Å². The van der Waals surface area contributed by atoms with Gasteiger partial charge in [0, 0.05) is 11.6 Å². The average Bonchev–Trinajstić information content (AvgIpc) is 3.97. The molecule has 43 heavy (non-hydrogen) atoms. The first kappa shape index (κ1) is 27.2. The van der Waals surface area contributed by atoms with E-state index in [9.17, 15) is 23.6 Å². The van der Waals surface area contributed by atoms with E-state index in [1.807, 2.05) is 6.07 Å². The number of alkyl halides is 2. The molecule has 3 saturated carbocycles. The van der Waals surface area contributed by atoms with Crippen molar-refractivity contribution in [2.75, 3.05) is 0 Å². The van der Waals surface area contributed by atoms with E-state index in [0.717, 1.165) is 31.4 Å². The molecule has 0 spiro atoms. The van der Waals surface area contributed by atoms with E-state index in [0.29, 0.717) is 40.8 Å². The number of hydrogen-bond acceptors (Lipinski definition) is 7. The molecule has 10 nitrogen and oxygen atoms in total. The molecule has 3 aliphatic carbocycles. The lowest BCUT2D eigenvalue weighted by molar-refractivity contribution is -0.123. The molecular formula is C31H29F2N7O3. The molecule has 2 amide bonds. The third-order valence-corrected chi connectivity index (χ3v) is 8.58. The number of carbonyl (C=O) groups excluding carboxylic acids is 2. The fourth-order valence-electron chi connectivity index (χ4n) is 5.22. The molecule has 0 unspecified atom stereocenters. The summed E-state index contributed by atoms with van der Waals surface area (Å²) in [5.74, 6) is -0.722. The lowest BCUT2D eigenvalue weighted by Crippen LogP contribution is -2.51. The van der Waals surface area contributed by atoms with E-state index < -0.39 is 29.8 Å². The summed E-state index contributed by atoms with van der Waals surface area (Å²) in [7, 11) is 0. The van der Waals surface area contributed by atoms with E-state index in [-0.39, 0.29) is 29.5 Å². The smallest absolute Gasteiger partial charge is 0.280 e. The molecule has 7 rings (SSSR count). The van der Waals surface area contributed by atoms with E-state index >= 15 is 0 Å². The number of halogens is 2. The maximum absolute atomic E-state index is 13.6. The Morgan fingerprint density at radius 3 is 2.58 bits per heavy atom. The van der Waals surface area contributed by atoms with Crippen LogP contribution in [0.4, 0.5) is 8.78 Å². The van der Waals surface area contributed by atoms with E-state index in [4.69, 9.17) is 9.52 Å². The van der Waals surface area contributed by atoms with Crippen molar-refractivity contribution in [3.05, 3.63) is 65.6 Å². The molecule has 0 aliphatic heterocycles. The van der Waals surface area contributed by atoms with E-state index in [1.54, 1.807) is 28.9 Å². The van der Waals surface area contributed by atoms with Crippen molar-refractivity contribution in [1.82, 2.24) is 30.4 Å². The standard InChI is InChI=1S/C31H29F2N7O3/c1-30(7-8-30)25-15-23(40(39-25)19-3-4-19)29(42)37-22(28(41)38-31(16-34)9-10-31)14-26-36-20-5-2-17(13-24(20)43-26)18-6-11-35-21(12-18)27(32)33/h2,5-6,11-13,15,19,22,27H,3-4,7-10,14H2,1H3,(H,37,42)(H,38,41)/t22-/m0/s1. The number of nitriles is 1. The van der Waals surface area contributed by atoms with Gasteiger partial charge < -0.3 is 15.1 Å². The van der Waals surface area contributed by atoms with Crippen molar-refractivity contribution in [3.8, 4) is 17.2 Å². The molecule has 0 saturated heterocycles. The zero-order valence-corrected chi connectivity index (χ0v) is 23.4. The first-order valence-electron chi connectivity index (χ1n) is 14.4. The summed E-state index contributed by atoms with van der Waals surface area (Å²) in [5, 5.41) is 20.0. The predicted molar refractivity (Wildman–Crippen MR) is 150 cm³/mol. The van der Waals surface area contributed by atoms with Gasteiger partial charge in [-0.1, -0.05) is 13.0 Å². The summed E-state index contributed by atoms with van der Waals surface area (Å²) >= 11 is 0. The fourth-order valence-corrected chi connectivity index (χ4v) is 5.22. The van der Waals surface area contributed by atoms with Crippen LogP contribution in [0.5, 0.6) is 0 Å². The molecule has 3 aliphatic rings.